The number of rotatable bonds is 6. The molecule has 0 spiro atoms. The number of benzene rings is 1. The van der Waals surface area contributed by atoms with Crippen LogP contribution < -0.4 is 0 Å². The summed E-state index contributed by atoms with van der Waals surface area (Å²) in [7, 11) is -2.62. The van der Waals surface area contributed by atoms with Crippen LogP contribution in [0.25, 0.3) is 0 Å². The Kier molecular flexibility index (Phi) is 6.19. The highest BCUT2D eigenvalue weighted by atomic mass is 35.5. The van der Waals surface area contributed by atoms with Gasteiger partial charge in [-0.25, -0.2) is 8.42 Å². The zero-order valence-electron chi connectivity index (χ0n) is 11.4. The zero-order valence-corrected chi connectivity index (χ0v) is 13.8. The molecule has 1 atom stereocenters. The van der Waals surface area contributed by atoms with E-state index in [0.717, 1.165) is 7.11 Å². The fourth-order valence-electron chi connectivity index (χ4n) is 1.58. The van der Waals surface area contributed by atoms with Gasteiger partial charge < -0.3 is 4.74 Å². The molecule has 1 aromatic rings. The molecule has 5 nitrogen and oxygen atoms in total. The van der Waals surface area contributed by atoms with Gasteiger partial charge in [0.2, 0.25) is 0 Å². The van der Waals surface area contributed by atoms with Gasteiger partial charge in [0.1, 0.15) is 5.25 Å². The largest absolute Gasteiger partial charge is 0.469 e. The first-order chi connectivity index (χ1) is 9.69. The molecule has 0 N–H and O–H groups in total. The summed E-state index contributed by atoms with van der Waals surface area (Å²) in [4.78, 5) is 23.2. The number of Topliss-reactive ketones (excluding diaryl/α,β-unsaturated/α-hetero) is 1. The van der Waals surface area contributed by atoms with Gasteiger partial charge in [-0.15, -0.1) is 0 Å². The SMILES string of the molecule is COC(=O)CCS(=O)(=O)C(C)C(=O)c1ccc(Cl)cc1Cl. The van der Waals surface area contributed by atoms with E-state index in [1.807, 2.05) is 0 Å². The van der Waals surface area contributed by atoms with Crippen LogP contribution in [0.4, 0.5) is 0 Å². The first kappa shape index (κ1) is 17.9. The monoisotopic (exact) mass is 352 g/mol. The molecule has 21 heavy (non-hydrogen) atoms. The second-order valence-corrected chi connectivity index (χ2v) is 7.61. The summed E-state index contributed by atoms with van der Waals surface area (Å²) in [6, 6.07) is 4.19. The Bertz CT molecular complexity index is 655. The van der Waals surface area contributed by atoms with Gasteiger partial charge in [-0.2, -0.15) is 0 Å². The predicted octanol–water partition coefficient (Wildman–Crippen LogP) is 2.54. The topological polar surface area (TPSA) is 77.5 Å². The number of carbonyl (C=O) groups excluding carboxylic acids is 2. The molecule has 0 radical (unpaired) electrons. The van der Waals surface area contributed by atoms with Crippen molar-refractivity contribution < 1.29 is 22.7 Å². The van der Waals surface area contributed by atoms with Crippen molar-refractivity contribution in [1.29, 1.82) is 0 Å². The van der Waals surface area contributed by atoms with Gasteiger partial charge in [-0.05, 0) is 25.1 Å². The summed E-state index contributed by atoms with van der Waals surface area (Å²) in [5.74, 6) is -1.75. The van der Waals surface area contributed by atoms with Gasteiger partial charge in [-0.1, -0.05) is 23.2 Å². The lowest BCUT2D eigenvalue weighted by molar-refractivity contribution is -0.140. The lowest BCUT2D eigenvalue weighted by atomic mass is 10.1. The predicted molar refractivity (Wildman–Crippen MR) is 80.7 cm³/mol. The average molecular weight is 353 g/mol. The maximum atomic E-state index is 12.2. The van der Waals surface area contributed by atoms with Crippen molar-refractivity contribution in [2.24, 2.45) is 0 Å². The summed E-state index contributed by atoms with van der Waals surface area (Å²) in [5, 5.41) is -0.874. The number of esters is 1. The Morgan fingerprint density at radius 3 is 2.43 bits per heavy atom. The number of ether oxygens (including phenoxy) is 1. The molecule has 0 bridgehead atoms. The van der Waals surface area contributed by atoms with Crippen LogP contribution in [0.2, 0.25) is 10.0 Å². The van der Waals surface area contributed by atoms with Gasteiger partial charge in [-0.3, -0.25) is 9.59 Å². The van der Waals surface area contributed by atoms with Crippen molar-refractivity contribution in [3.05, 3.63) is 33.8 Å². The molecule has 0 amide bonds. The van der Waals surface area contributed by atoms with Gasteiger partial charge in [0.05, 0.1) is 24.3 Å². The van der Waals surface area contributed by atoms with Crippen LogP contribution in [0.1, 0.15) is 23.7 Å². The summed E-state index contributed by atoms with van der Waals surface area (Å²) < 4.78 is 28.5. The highest BCUT2D eigenvalue weighted by Gasteiger charge is 2.30. The van der Waals surface area contributed by atoms with Crippen molar-refractivity contribution in [2.75, 3.05) is 12.9 Å². The van der Waals surface area contributed by atoms with E-state index >= 15 is 0 Å². The third kappa shape index (κ3) is 4.69. The number of sulfone groups is 1. The Morgan fingerprint density at radius 2 is 1.90 bits per heavy atom. The van der Waals surface area contributed by atoms with E-state index in [-0.39, 0.29) is 17.0 Å². The minimum atomic E-state index is -3.78. The van der Waals surface area contributed by atoms with Crippen LogP contribution in [0.5, 0.6) is 0 Å². The number of ketones is 1. The minimum Gasteiger partial charge on any atom is -0.469 e. The highest BCUT2D eigenvalue weighted by molar-refractivity contribution is 7.92. The van der Waals surface area contributed by atoms with Crippen LogP contribution in [-0.2, 0) is 19.4 Å². The molecule has 0 aliphatic heterocycles. The maximum Gasteiger partial charge on any atom is 0.306 e. The molecule has 1 aromatic carbocycles. The second-order valence-electron chi connectivity index (χ2n) is 4.32. The van der Waals surface area contributed by atoms with Crippen LogP contribution in [-0.4, -0.2) is 38.3 Å². The van der Waals surface area contributed by atoms with Crippen molar-refractivity contribution in [1.82, 2.24) is 0 Å². The Morgan fingerprint density at radius 1 is 1.29 bits per heavy atom. The lowest BCUT2D eigenvalue weighted by Gasteiger charge is -2.12. The number of methoxy groups -OCH3 is 1. The quantitative estimate of drug-likeness (QED) is 0.580. The van der Waals surface area contributed by atoms with Gasteiger partial charge in [0.25, 0.3) is 0 Å². The van der Waals surface area contributed by atoms with E-state index in [9.17, 15) is 18.0 Å². The van der Waals surface area contributed by atoms with E-state index in [1.165, 1.54) is 25.1 Å². The smallest absolute Gasteiger partial charge is 0.306 e. The summed E-state index contributed by atoms with van der Waals surface area (Å²) in [6.07, 6.45) is -0.301. The molecule has 8 heteroatoms. The summed E-state index contributed by atoms with van der Waals surface area (Å²) in [6.45, 7) is 1.26. The van der Waals surface area contributed by atoms with Crippen LogP contribution >= 0.6 is 23.2 Å². The van der Waals surface area contributed by atoms with Gasteiger partial charge >= 0.3 is 5.97 Å². The van der Waals surface area contributed by atoms with Crippen molar-refractivity contribution in [2.45, 2.75) is 18.6 Å². The van der Waals surface area contributed by atoms with E-state index in [1.54, 1.807) is 0 Å². The third-order valence-corrected chi connectivity index (χ3v) is 5.54. The molecule has 0 heterocycles. The van der Waals surface area contributed by atoms with Crippen LogP contribution in [0.3, 0.4) is 0 Å². The van der Waals surface area contributed by atoms with Crippen molar-refractivity contribution in [3.63, 3.8) is 0 Å². The van der Waals surface area contributed by atoms with E-state index < -0.39 is 32.6 Å². The van der Waals surface area contributed by atoms with E-state index in [2.05, 4.69) is 4.74 Å². The molecular formula is C13H14Cl2O5S. The Balaban J connectivity index is 2.93. The molecule has 0 saturated heterocycles. The molecule has 0 fully saturated rings. The molecule has 0 saturated carbocycles. The summed E-state index contributed by atoms with van der Waals surface area (Å²) >= 11 is 11.6. The third-order valence-electron chi connectivity index (χ3n) is 2.92. The zero-order chi connectivity index (χ0) is 16.2. The van der Waals surface area contributed by atoms with E-state index in [0.29, 0.717) is 5.02 Å². The lowest BCUT2D eigenvalue weighted by Crippen LogP contribution is -2.30. The minimum absolute atomic E-state index is 0.0789. The fraction of sp³-hybridized carbons (Fsp3) is 0.385. The first-order valence-electron chi connectivity index (χ1n) is 5.96. The molecule has 1 rings (SSSR count). The molecule has 0 aliphatic carbocycles. The first-order valence-corrected chi connectivity index (χ1v) is 8.44. The normalized spacial score (nSPS) is 12.8. The number of hydrogen-bond donors (Lipinski definition) is 0. The summed E-state index contributed by atoms with van der Waals surface area (Å²) in [5.41, 5.74) is 0.0789. The highest BCUT2D eigenvalue weighted by Crippen LogP contribution is 2.23. The van der Waals surface area contributed by atoms with Crippen molar-refractivity contribution in [3.8, 4) is 0 Å². The maximum absolute atomic E-state index is 12.2. The number of hydrogen-bond acceptors (Lipinski definition) is 5. The van der Waals surface area contributed by atoms with Crippen molar-refractivity contribution >= 4 is 44.8 Å². The molecule has 0 aliphatic rings. The number of carbonyl (C=O) groups is 2. The fourth-order valence-corrected chi connectivity index (χ4v) is 3.34. The standard InChI is InChI=1S/C13H14Cl2O5S/c1-8(21(18,19)6-5-12(16)20-2)13(17)10-4-3-9(14)7-11(10)15/h3-4,7-8H,5-6H2,1-2H3. The van der Waals surface area contributed by atoms with E-state index in [4.69, 9.17) is 23.2 Å². The van der Waals surface area contributed by atoms with Gasteiger partial charge in [0, 0.05) is 10.6 Å². The van der Waals surface area contributed by atoms with Crippen LogP contribution in [0.15, 0.2) is 18.2 Å². The molecule has 1 unspecified atom stereocenters. The second kappa shape index (κ2) is 7.24. The molecule has 0 aromatic heterocycles. The number of halogens is 2. The van der Waals surface area contributed by atoms with Gasteiger partial charge in [0.15, 0.2) is 15.6 Å². The Hall–Kier alpha value is -1.11. The Labute approximate surface area is 133 Å². The molecule has 116 valence electrons. The average Bonchev–Trinajstić information content (AvgIpc) is 2.43. The molecular weight excluding hydrogens is 339 g/mol. The van der Waals surface area contributed by atoms with Crippen LogP contribution in [0, 0.1) is 0 Å².